The zero-order valence-electron chi connectivity index (χ0n) is 23.3. The highest BCUT2D eigenvalue weighted by atomic mass is 35.5. The Labute approximate surface area is 253 Å². The van der Waals surface area contributed by atoms with Crippen molar-refractivity contribution >= 4 is 23.2 Å². The predicted octanol–water partition coefficient (Wildman–Crippen LogP) is 7.46. The number of carbonyl (C=O) groups excluding carboxylic acids is 1. The molecular formula is C34H30ClF3N4O. The highest BCUT2D eigenvalue weighted by Crippen LogP contribution is 2.36. The molecule has 9 heteroatoms. The molecule has 0 radical (unpaired) electrons. The van der Waals surface area contributed by atoms with Gasteiger partial charge < -0.3 is 9.30 Å². The van der Waals surface area contributed by atoms with Gasteiger partial charge in [-0.2, -0.15) is 13.2 Å². The zero-order valence-corrected chi connectivity index (χ0v) is 24.0. The summed E-state index contributed by atoms with van der Waals surface area (Å²) >= 11 is 6.26. The first-order valence-electron chi connectivity index (χ1n) is 14.2. The molecule has 0 spiro atoms. The van der Waals surface area contributed by atoms with Crippen molar-refractivity contribution in [3.05, 3.63) is 142 Å². The molecule has 0 N–H and O–H groups in total. The number of carbonyl (C=O) groups is 1. The summed E-state index contributed by atoms with van der Waals surface area (Å²) < 4.78 is 42.7. The zero-order chi connectivity index (χ0) is 30.0. The molecule has 1 atom stereocenters. The van der Waals surface area contributed by atoms with Crippen LogP contribution in [-0.4, -0.2) is 51.3 Å². The van der Waals surface area contributed by atoms with E-state index in [4.69, 9.17) is 11.6 Å². The van der Waals surface area contributed by atoms with E-state index in [1.807, 2.05) is 41.3 Å². The third-order valence-corrected chi connectivity index (χ3v) is 8.34. The van der Waals surface area contributed by atoms with Crippen LogP contribution in [-0.2, 0) is 11.0 Å². The van der Waals surface area contributed by atoms with Crippen molar-refractivity contribution in [3.8, 4) is 0 Å². The number of alkyl halides is 3. The van der Waals surface area contributed by atoms with Crippen molar-refractivity contribution < 1.29 is 18.0 Å². The maximum atomic E-state index is 13.8. The summed E-state index contributed by atoms with van der Waals surface area (Å²) in [6.45, 7) is 2.37. The van der Waals surface area contributed by atoms with Gasteiger partial charge in [0.25, 0.3) is 0 Å². The molecule has 220 valence electrons. The Hall–Kier alpha value is -4.14. The van der Waals surface area contributed by atoms with E-state index in [-0.39, 0.29) is 18.4 Å². The van der Waals surface area contributed by atoms with E-state index < -0.39 is 17.7 Å². The van der Waals surface area contributed by atoms with E-state index in [0.29, 0.717) is 48.1 Å². The molecule has 6 rings (SSSR count). The van der Waals surface area contributed by atoms with E-state index in [9.17, 15) is 18.0 Å². The van der Waals surface area contributed by atoms with Gasteiger partial charge in [-0.05, 0) is 34.9 Å². The number of fused-ring (bicyclic) bond motifs is 1. The van der Waals surface area contributed by atoms with Gasteiger partial charge in [-0.3, -0.25) is 9.69 Å². The fourth-order valence-corrected chi connectivity index (χ4v) is 6.13. The summed E-state index contributed by atoms with van der Waals surface area (Å²) in [5, 5.41) is 0.461. The summed E-state index contributed by atoms with van der Waals surface area (Å²) in [6.07, 6.45) is -1.21. The molecule has 43 heavy (non-hydrogen) atoms. The van der Waals surface area contributed by atoms with Crippen molar-refractivity contribution in [1.82, 2.24) is 19.2 Å². The monoisotopic (exact) mass is 602 g/mol. The third kappa shape index (κ3) is 6.31. The van der Waals surface area contributed by atoms with Crippen LogP contribution in [0.2, 0.25) is 5.02 Å². The number of halogens is 4. The smallest absolute Gasteiger partial charge is 0.340 e. The van der Waals surface area contributed by atoms with Gasteiger partial charge in [0, 0.05) is 50.9 Å². The van der Waals surface area contributed by atoms with Crippen molar-refractivity contribution in [2.24, 2.45) is 0 Å². The predicted molar refractivity (Wildman–Crippen MR) is 161 cm³/mol. The quantitative estimate of drug-likeness (QED) is 0.194. The molecule has 1 fully saturated rings. The number of hydrogen-bond acceptors (Lipinski definition) is 3. The van der Waals surface area contributed by atoms with Crippen molar-refractivity contribution in [3.63, 3.8) is 0 Å². The molecule has 1 unspecified atom stereocenters. The first-order chi connectivity index (χ1) is 20.8. The van der Waals surface area contributed by atoms with Gasteiger partial charge in [-0.25, -0.2) is 4.98 Å². The minimum absolute atomic E-state index is 0.00240. The minimum Gasteiger partial charge on any atom is -0.340 e. The van der Waals surface area contributed by atoms with E-state index >= 15 is 0 Å². The van der Waals surface area contributed by atoms with Gasteiger partial charge in [0.2, 0.25) is 5.91 Å². The molecule has 1 aliphatic heterocycles. The van der Waals surface area contributed by atoms with Crippen molar-refractivity contribution in [1.29, 1.82) is 0 Å². The number of piperazine rings is 1. The Balaban J connectivity index is 1.25. The molecule has 0 saturated carbocycles. The summed E-state index contributed by atoms with van der Waals surface area (Å²) in [5.41, 5.74) is 3.23. The SMILES string of the molecule is O=C(CC(c1cccc(C(F)(F)F)c1)c1cnc2ccc(Cl)cn12)N1CCN(C(c2ccccc2)c2ccccc2)CC1. The topological polar surface area (TPSA) is 40.9 Å². The number of amides is 1. The Morgan fingerprint density at radius 1 is 0.814 bits per heavy atom. The Bertz CT molecular complexity index is 1660. The van der Waals surface area contributed by atoms with Gasteiger partial charge in [0.05, 0.1) is 22.3 Å². The molecule has 5 nitrogen and oxygen atoms in total. The number of nitrogens with zero attached hydrogens (tertiary/aromatic N) is 4. The van der Waals surface area contributed by atoms with Crippen LogP contribution in [0.25, 0.3) is 5.65 Å². The fourth-order valence-electron chi connectivity index (χ4n) is 5.97. The van der Waals surface area contributed by atoms with Crippen molar-refractivity contribution in [2.75, 3.05) is 26.2 Å². The first-order valence-corrected chi connectivity index (χ1v) is 14.6. The molecule has 1 amide bonds. The van der Waals surface area contributed by atoms with E-state index in [0.717, 1.165) is 12.1 Å². The van der Waals surface area contributed by atoms with Gasteiger partial charge in [-0.1, -0.05) is 90.5 Å². The molecule has 3 heterocycles. The average molecular weight is 603 g/mol. The molecular weight excluding hydrogens is 573 g/mol. The lowest BCUT2D eigenvalue weighted by Gasteiger charge is -2.40. The summed E-state index contributed by atoms with van der Waals surface area (Å²) in [6, 6.07) is 29.3. The van der Waals surface area contributed by atoms with Gasteiger partial charge in [0.15, 0.2) is 0 Å². The largest absolute Gasteiger partial charge is 0.416 e. The van der Waals surface area contributed by atoms with Gasteiger partial charge in [-0.15, -0.1) is 0 Å². The summed E-state index contributed by atoms with van der Waals surface area (Å²) in [5.74, 6) is -0.766. The molecule has 2 aromatic heterocycles. The van der Waals surface area contributed by atoms with Crippen LogP contribution in [0.3, 0.4) is 0 Å². The van der Waals surface area contributed by atoms with Crippen LogP contribution in [0.5, 0.6) is 0 Å². The van der Waals surface area contributed by atoms with Crippen molar-refractivity contribution in [2.45, 2.75) is 24.6 Å². The first kappa shape index (κ1) is 29.0. The second-order valence-corrected chi connectivity index (χ2v) is 11.2. The standard InChI is InChI=1S/C34H30ClF3N4O/c35-28-14-15-31-39-22-30(42(31)23-28)29(26-12-7-13-27(20-26)34(36,37)38)21-32(43)40-16-18-41(19-17-40)33(24-8-3-1-4-9-24)25-10-5-2-6-11-25/h1-15,20,22-23,29,33H,16-19,21H2. The number of pyridine rings is 1. The van der Waals surface area contributed by atoms with Crippen LogP contribution in [0.15, 0.2) is 109 Å². The van der Waals surface area contributed by atoms with E-state index in [1.54, 1.807) is 35.0 Å². The molecule has 0 bridgehead atoms. The molecule has 3 aromatic carbocycles. The minimum atomic E-state index is -4.50. The van der Waals surface area contributed by atoms with Crippen LogP contribution in [0.1, 0.15) is 46.3 Å². The number of rotatable bonds is 7. The highest BCUT2D eigenvalue weighted by molar-refractivity contribution is 6.30. The van der Waals surface area contributed by atoms with Crippen LogP contribution >= 0.6 is 11.6 Å². The number of aromatic nitrogens is 2. The van der Waals surface area contributed by atoms with Crippen LogP contribution in [0, 0.1) is 0 Å². The maximum absolute atomic E-state index is 13.8. The number of hydrogen-bond donors (Lipinski definition) is 0. The Morgan fingerprint density at radius 3 is 2.07 bits per heavy atom. The Kier molecular flexibility index (Phi) is 8.23. The second-order valence-electron chi connectivity index (χ2n) is 10.8. The summed E-state index contributed by atoms with van der Waals surface area (Å²) in [4.78, 5) is 22.4. The van der Waals surface area contributed by atoms with Gasteiger partial charge in [0.1, 0.15) is 5.65 Å². The molecule has 0 aliphatic carbocycles. The fraction of sp³-hybridized carbons (Fsp3) is 0.235. The number of benzene rings is 3. The highest BCUT2D eigenvalue weighted by Gasteiger charge is 2.33. The number of imidazole rings is 1. The lowest BCUT2D eigenvalue weighted by molar-refractivity contribution is -0.137. The van der Waals surface area contributed by atoms with Gasteiger partial charge >= 0.3 is 6.18 Å². The third-order valence-electron chi connectivity index (χ3n) is 8.11. The summed E-state index contributed by atoms with van der Waals surface area (Å²) in [7, 11) is 0. The Morgan fingerprint density at radius 2 is 1.44 bits per heavy atom. The maximum Gasteiger partial charge on any atom is 0.416 e. The normalized spacial score (nSPS) is 15.2. The lowest BCUT2D eigenvalue weighted by Crippen LogP contribution is -2.50. The van der Waals surface area contributed by atoms with Crippen LogP contribution in [0.4, 0.5) is 13.2 Å². The van der Waals surface area contributed by atoms with Crippen LogP contribution < -0.4 is 0 Å². The van der Waals surface area contributed by atoms with E-state index in [1.165, 1.54) is 17.2 Å². The molecule has 5 aromatic rings. The molecule has 1 aliphatic rings. The lowest BCUT2D eigenvalue weighted by atomic mass is 9.90. The second kappa shape index (κ2) is 12.2. The van der Waals surface area contributed by atoms with E-state index in [2.05, 4.69) is 34.1 Å². The molecule has 1 saturated heterocycles. The average Bonchev–Trinajstić information content (AvgIpc) is 3.43.